The van der Waals surface area contributed by atoms with Crippen LogP contribution in [0.3, 0.4) is 0 Å². The van der Waals surface area contributed by atoms with E-state index >= 15 is 0 Å². The molecule has 0 saturated carbocycles. The molecule has 3 rings (SSSR count). The van der Waals surface area contributed by atoms with Crippen LogP contribution in [0.15, 0.2) is 48.5 Å². The van der Waals surface area contributed by atoms with Gasteiger partial charge in [-0.1, -0.05) is 24.3 Å². The number of benzene rings is 2. The molecule has 110 valence electrons. The lowest BCUT2D eigenvalue weighted by Gasteiger charge is -2.22. The first-order chi connectivity index (χ1) is 10.3. The Morgan fingerprint density at radius 2 is 1.71 bits per heavy atom. The maximum atomic E-state index is 10.0. The summed E-state index contributed by atoms with van der Waals surface area (Å²) < 4.78 is 11.3. The molecule has 0 aliphatic heterocycles. The maximum absolute atomic E-state index is 10.0. The van der Waals surface area contributed by atoms with Crippen molar-refractivity contribution in [3.63, 3.8) is 0 Å². The number of aliphatic hydroxyl groups excluding tert-OH is 1. The molecule has 0 heterocycles. The molecule has 0 spiro atoms. The SMILES string of the molecule is O[C@@H]1CCCc2ccc(OCCOc3ccccc3)cc21. The van der Waals surface area contributed by atoms with E-state index in [1.54, 1.807) is 0 Å². The van der Waals surface area contributed by atoms with E-state index in [4.69, 9.17) is 9.47 Å². The van der Waals surface area contributed by atoms with Gasteiger partial charge < -0.3 is 14.6 Å². The van der Waals surface area contributed by atoms with Gasteiger partial charge in [-0.15, -0.1) is 0 Å². The van der Waals surface area contributed by atoms with Gasteiger partial charge in [0, 0.05) is 0 Å². The predicted octanol–water partition coefficient (Wildman–Crippen LogP) is 3.51. The Morgan fingerprint density at radius 1 is 0.952 bits per heavy atom. The molecule has 0 fully saturated rings. The Bertz CT molecular complexity index is 580. The van der Waals surface area contributed by atoms with Crippen molar-refractivity contribution in [2.24, 2.45) is 0 Å². The lowest BCUT2D eigenvalue weighted by Crippen LogP contribution is -2.11. The number of ether oxygens (including phenoxy) is 2. The summed E-state index contributed by atoms with van der Waals surface area (Å²) in [5, 5.41) is 10.0. The second-order valence-electron chi connectivity index (χ2n) is 5.28. The molecule has 21 heavy (non-hydrogen) atoms. The van der Waals surface area contributed by atoms with E-state index in [0.29, 0.717) is 13.2 Å². The zero-order chi connectivity index (χ0) is 14.5. The normalized spacial score (nSPS) is 17.1. The summed E-state index contributed by atoms with van der Waals surface area (Å²) in [6.45, 7) is 0.993. The molecule has 1 aliphatic carbocycles. The highest BCUT2D eigenvalue weighted by Gasteiger charge is 2.18. The Morgan fingerprint density at radius 3 is 2.52 bits per heavy atom. The fraction of sp³-hybridized carbons (Fsp3) is 0.333. The molecular formula is C18H20O3. The summed E-state index contributed by atoms with van der Waals surface area (Å²) in [5.41, 5.74) is 2.25. The lowest BCUT2D eigenvalue weighted by atomic mass is 9.89. The Labute approximate surface area is 125 Å². The fourth-order valence-corrected chi connectivity index (χ4v) is 2.68. The van der Waals surface area contributed by atoms with Gasteiger partial charge >= 0.3 is 0 Å². The summed E-state index contributed by atoms with van der Waals surface area (Å²) in [5.74, 6) is 1.65. The second-order valence-corrected chi connectivity index (χ2v) is 5.28. The third-order valence-electron chi connectivity index (χ3n) is 3.76. The molecule has 3 nitrogen and oxygen atoms in total. The van der Waals surface area contributed by atoms with E-state index in [0.717, 1.165) is 36.3 Å². The van der Waals surface area contributed by atoms with Crippen molar-refractivity contribution in [2.45, 2.75) is 25.4 Å². The summed E-state index contributed by atoms with van der Waals surface area (Å²) in [6, 6.07) is 15.7. The molecule has 1 aliphatic rings. The van der Waals surface area contributed by atoms with Crippen LogP contribution in [0.1, 0.15) is 30.1 Å². The van der Waals surface area contributed by atoms with Crippen LogP contribution in [-0.4, -0.2) is 18.3 Å². The average molecular weight is 284 g/mol. The monoisotopic (exact) mass is 284 g/mol. The van der Waals surface area contributed by atoms with Crippen LogP contribution in [0.4, 0.5) is 0 Å². The number of hydrogen-bond acceptors (Lipinski definition) is 3. The topological polar surface area (TPSA) is 38.7 Å². The highest BCUT2D eigenvalue weighted by atomic mass is 16.5. The van der Waals surface area contributed by atoms with Gasteiger partial charge in [0.15, 0.2) is 0 Å². The van der Waals surface area contributed by atoms with Crippen molar-refractivity contribution < 1.29 is 14.6 Å². The molecule has 1 atom stereocenters. The predicted molar refractivity (Wildman–Crippen MR) is 81.8 cm³/mol. The first kappa shape index (κ1) is 14.0. The number of para-hydroxylation sites is 1. The number of hydrogen-bond donors (Lipinski definition) is 1. The van der Waals surface area contributed by atoms with Gasteiger partial charge in [0.05, 0.1) is 6.10 Å². The minimum atomic E-state index is -0.349. The van der Waals surface area contributed by atoms with E-state index in [2.05, 4.69) is 6.07 Å². The zero-order valence-corrected chi connectivity index (χ0v) is 12.0. The minimum Gasteiger partial charge on any atom is -0.490 e. The number of aliphatic hydroxyl groups is 1. The minimum absolute atomic E-state index is 0.349. The van der Waals surface area contributed by atoms with Gasteiger partial charge in [0.2, 0.25) is 0 Å². The molecule has 0 saturated heterocycles. The highest BCUT2D eigenvalue weighted by Crippen LogP contribution is 2.32. The van der Waals surface area contributed by atoms with Crippen LogP contribution in [0, 0.1) is 0 Å². The van der Waals surface area contributed by atoms with Crippen molar-refractivity contribution in [3.05, 3.63) is 59.7 Å². The standard InChI is InChI=1S/C18H20O3/c19-18-8-4-5-14-9-10-16(13-17(14)18)21-12-11-20-15-6-2-1-3-7-15/h1-3,6-7,9-10,13,18-19H,4-5,8,11-12H2/t18-/m1/s1. The van der Waals surface area contributed by atoms with Gasteiger partial charge in [0.1, 0.15) is 24.7 Å². The summed E-state index contributed by atoms with van der Waals surface area (Å²) in [7, 11) is 0. The largest absolute Gasteiger partial charge is 0.490 e. The summed E-state index contributed by atoms with van der Waals surface area (Å²) >= 11 is 0. The molecule has 1 N–H and O–H groups in total. The Hall–Kier alpha value is -2.00. The number of rotatable bonds is 5. The molecular weight excluding hydrogens is 264 g/mol. The molecule has 0 radical (unpaired) electrons. The third-order valence-corrected chi connectivity index (χ3v) is 3.76. The summed E-state index contributed by atoms with van der Waals surface area (Å²) in [4.78, 5) is 0. The van der Waals surface area contributed by atoms with Gasteiger partial charge in [-0.05, 0) is 54.7 Å². The van der Waals surface area contributed by atoms with Crippen LogP contribution >= 0.6 is 0 Å². The van der Waals surface area contributed by atoms with Crippen molar-refractivity contribution >= 4 is 0 Å². The van der Waals surface area contributed by atoms with Crippen LogP contribution in [0.5, 0.6) is 11.5 Å². The molecule has 2 aromatic rings. The summed E-state index contributed by atoms with van der Waals surface area (Å²) in [6.07, 6.45) is 2.59. The molecule has 0 amide bonds. The van der Waals surface area contributed by atoms with Crippen LogP contribution < -0.4 is 9.47 Å². The Balaban J connectivity index is 1.53. The lowest BCUT2D eigenvalue weighted by molar-refractivity contribution is 0.155. The number of fused-ring (bicyclic) bond motifs is 1. The van der Waals surface area contributed by atoms with E-state index in [1.807, 2.05) is 42.5 Å². The molecule has 0 aromatic heterocycles. The van der Waals surface area contributed by atoms with Gasteiger partial charge in [0.25, 0.3) is 0 Å². The van der Waals surface area contributed by atoms with Crippen molar-refractivity contribution in [1.82, 2.24) is 0 Å². The van der Waals surface area contributed by atoms with Gasteiger partial charge in [-0.3, -0.25) is 0 Å². The van der Waals surface area contributed by atoms with Crippen molar-refractivity contribution in [2.75, 3.05) is 13.2 Å². The Kier molecular flexibility index (Phi) is 4.41. The van der Waals surface area contributed by atoms with E-state index < -0.39 is 0 Å². The fourth-order valence-electron chi connectivity index (χ4n) is 2.68. The first-order valence-corrected chi connectivity index (χ1v) is 7.44. The maximum Gasteiger partial charge on any atom is 0.122 e. The first-order valence-electron chi connectivity index (χ1n) is 7.44. The van der Waals surface area contributed by atoms with E-state index in [-0.39, 0.29) is 6.10 Å². The molecule has 3 heteroatoms. The van der Waals surface area contributed by atoms with Crippen molar-refractivity contribution in [1.29, 1.82) is 0 Å². The average Bonchev–Trinajstić information content (AvgIpc) is 2.53. The van der Waals surface area contributed by atoms with Crippen LogP contribution in [-0.2, 0) is 6.42 Å². The van der Waals surface area contributed by atoms with Gasteiger partial charge in [-0.2, -0.15) is 0 Å². The zero-order valence-electron chi connectivity index (χ0n) is 12.0. The molecule has 0 unspecified atom stereocenters. The second kappa shape index (κ2) is 6.64. The highest BCUT2D eigenvalue weighted by molar-refractivity contribution is 5.38. The van der Waals surface area contributed by atoms with E-state index in [9.17, 15) is 5.11 Å². The van der Waals surface area contributed by atoms with Crippen LogP contribution in [0.25, 0.3) is 0 Å². The smallest absolute Gasteiger partial charge is 0.122 e. The molecule has 0 bridgehead atoms. The van der Waals surface area contributed by atoms with Gasteiger partial charge in [-0.25, -0.2) is 0 Å². The quantitative estimate of drug-likeness (QED) is 0.854. The van der Waals surface area contributed by atoms with E-state index in [1.165, 1.54) is 5.56 Å². The van der Waals surface area contributed by atoms with Crippen LogP contribution in [0.2, 0.25) is 0 Å². The third kappa shape index (κ3) is 3.56. The van der Waals surface area contributed by atoms with Crippen molar-refractivity contribution in [3.8, 4) is 11.5 Å². The number of aryl methyl sites for hydroxylation is 1. The molecule has 2 aromatic carbocycles.